The van der Waals surface area contributed by atoms with Crippen LogP contribution in [-0.4, -0.2) is 26.0 Å². The van der Waals surface area contributed by atoms with Gasteiger partial charge >= 0.3 is 5.97 Å². The Morgan fingerprint density at radius 1 is 1.08 bits per heavy atom. The van der Waals surface area contributed by atoms with Gasteiger partial charge in [-0.3, -0.25) is 9.10 Å². The second-order valence-electron chi connectivity index (χ2n) is 4.89. The Labute approximate surface area is 152 Å². The maximum absolute atomic E-state index is 14.1. The molecule has 0 radical (unpaired) electrons. The molecule has 10 heteroatoms. The van der Waals surface area contributed by atoms with Crippen molar-refractivity contribution in [3.63, 3.8) is 0 Å². The van der Waals surface area contributed by atoms with E-state index in [1.807, 2.05) is 0 Å². The molecule has 2 aromatic carbocycles. The zero-order valence-electron chi connectivity index (χ0n) is 12.4. The third-order valence-electron chi connectivity index (χ3n) is 3.19. The molecule has 0 bridgehead atoms. The maximum atomic E-state index is 14.1. The van der Waals surface area contributed by atoms with Crippen molar-refractivity contribution in [3.8, 4) is 0 Å². The van der Waals surface area contributed by atoms with E-state index in [1.165, 1.54) is 6.07 Å². The van der Waals surface area contributed by atoms with Crippen LogP contribution >= 0.6 is 23.2 Å². The van der Waals surface area contributed by atoms with E-state index in [0.717, 1.165) is 24.3 Å². The van der Waals surface area contributed by atoms with Crippen molar-refractivity contribution in [2.45, 2.75) is 11.3 Å². The van der Waals surface area contributed by atoms with Gasteiger partial charge in [-0.1, -0.05) is 23.2 Å². The maximum Gasteiger partial charge on any atom is 0.305 e. The molecular formula is C15H11Cl2F2NO4S. The quantitative estimate of drug-likeness (QED) is 0.783. The molecule has 0 heterocycles. The van der Waals surface area contributed by atoms with Crippen LogP contribution in [0.3, 0.4) is 0 Å². The summed E-state index contributed by atoms with van der Waals surface area (Å²) in [5, 5.41) is 8.90. The first-order valence-electron chi connectivity index (χ1n) is 6.77. The largest absolute Gasteiger partial charge is 0.481 e. The van der Waals surface area contributed by atoms with Crippen molar-refractivity contribution in [3.05, 3.63) is 58.1 Å². The molecule has 0 saturated heterocycles. The monoisotopic (exact) mass is 409 g/mol. The van der Waals surface area contributed by atoms with Crippen LogP contribution in [0.1, 0.15) is 6.42 Å². The van der Waals surface area contributed by atoms with Gasteiger partial charge in [0.05, 0.1) is 27.0 Å². The lowest BCUT2D eigenvalue weighted by Crippen LogP contribution is -2.33. The Bertz CT molecular complexity index is 922. The molecule has 0 aliphatic heterocycles. The number of benzene rings is 2. The summed E-state index contributed by atoms with van der Waals surface area (Å²) in [5.41, 5.74) is -0.478. The van der Waals surface area contributed by atoms with E-state index in [9.17, 15) is 22.0 Å². The topological polar surface area (TPSA) is 74.7 Å². The summed E-state index contributed by atoms with van der Waals surface area (Å²) >= 11 is 11.6. The summed E-state index contributed by atoms with van der Waals surface area (Å²) in [7, 11) is -4.36. The molecule has 0 aromatic heterocycles. The number of carboxylic acids is 1. The average Bonchev–Trinajstić information content (AvgIpc) is 2.51. The van der Waals surface area contributed by atoms with E-state index in [0.29, 0.717) is 10.4 Å². The van der Waals surface area contributed by atoms with Gasteiger partial charge in [0.1, 0.15) is 11.6 Å². The Morgan fingerprint density at radius 3 is 2.32 bits per heavy atom. The van der Waals surface area contributed by atoms with Crippen molar-refractivity contribution >= 4 is 44.9 Å². The fourth-order valence-electron chi connectivity index (χ4n) is 2.02. The van der Waals surface area contributed by atoms with Gasteiger partial charge < -0.3 is 5.11 Å². The molecule has 0 atom stereocenters. The summed E-state index contributed by atoms with van der Waals surface area (Å²) < 4.78 is 53.4. The van der Waals surface area contributed by atoms with Crippen molar-refractivity contribution in [2.75, 3.05) is 10.8 Å². The number of aliphatic carboxylic acids is 1. The number of nitrogens with zero attached hydrogens (tertiary/aromatic N) is 1. The van der Waals surface area contributed by atoms with Crippen LogP contribution in [0.4, 0.5) is 14.5 Å². The predicted molar refractivity (Wildman–Crippen MR) is 89.6 cm³/mol. The molecule has 0 amide bonds. The first kappa shape index (κ1) is 19.4. The van der Waals surface area contributed by atoms with Gasteiger partial charge in [0.15, 0.2) is 0 Å². The highest BCUT2D eigenvalue weighted by Gasteiger charge is 2.28. The number of sulfonamides is 1. The number of anilines is 1. The average molecular weight is 410 g/mol. The van der Waals surface area contributed by atoms with Gasteiger partial charge in [0, 0.05) is 12.6 Å². The molecule has 2 rings (SSSR count). The zero-order valence-corrected chi connectivity index (χ0v) is 14.7. The number of carbonyl (C=O) groups is 1. The van der Waals surface area contributed by atoms with Crippen LogP contribution in [-0.2, 0) is 14.8 Å². The van der Waals surface area contributed by atoms with Gasteiger partial charge in [-0.05, 0) is 30.3 Å². The zero-order chi connectivity index (χ0) is 18.8. The minimum atomic E-state index is -4.36. The third kappa shape index (κ3) is 4.39. The van der Waals surface area contributed by atoms with Crippen LogP contribution < -0.4 is 4.31 Å². The van der Waals surface area contributed by atoms with E-state index < -0.39 is 46.3 Å². The van der Waals surface area contributed by atoms with Crippen molar-refractivity contribution in [1.82, 2.24) is 0 Å². The molecule has 0 fully saturated rings. The summed E-state index contributed by atoms with van der Waals surface area (Å²) in [5.74, 6) is -3.32. The van der Waals surface area contributed by atoms with E-state index in [1.54, 1.807) is 0 Å². The minimum Gasteiger partial charge on any atom is -0.481 e. The fraction of sp³-hybridized carbons (Fsp3) is 0.133. The molecule has 5 nitrogen and oxygen atoms in total. The van der Waals surface area contributed by atoms with Gasteiger partial charge in [-0.2, -0.15) is 0 Å². The van der Waals surface area contributed by atoms with Gasteiger partial charge in [0.2, 0.25) is 0 Å². The van der Waals surface area contributed by atoms with Crippen LogP contribution in [0.25, 0.3) is 0 Å². The number of halogens is 4. The Kier molecular flexibility index (Phi) is 5.87. The third-order valence-corrected chi connectivity index (χ3v) is 5.73. The number of carboxylic acid groups (broad SMARTS) is 1. The molecule has 0 aliphatic rings. The van der Waals surface area contributed by atoms with Crippen molar-refractivity contribution < 1.29 is 27.1 Å². The Balaban J connectivity index is 2.56. The molecule has 0 spiro atoms. The van der Waals surface area contributed by atoms with E-state index in [4.69, 9.17) is 28.3 Å². The number of hydrogen-bond donors (Lipinski definition) is 1. The van der Waals surface area contributed by atoms with E-state index in [2.05, 4.69) is 0 Å². The molecule has 25 heavy (non-hydrogen) atoms. The van der Waals surface area contributed by atoms with E-state index in [-0.39, 0.29) is 14.9 Å². The normalized spacial score (nSPS) is 11.4. The van der Waals surface area contributed by atoms with Crippen LogP contribution in [0, 0.1) is 11.6 Å². The first-order valence-corrected chi connectivity index (χ1v) is 8.97. The molecule has 134 valence electrons. The highest BCUT2D eigenvalue weighted by molar-refractivity contribution is 7.92. The highest BCUT2D eigenvalue weighted by Crippen LogP contribution is 2.30. The summed E-state index contributed by atoms with van der Waals surface area (Å²) in [4.78, 5) is 10.5. The van der Waals surface area contributed by atoms with Crippen LogP contribution in [0.2, 0.25) is 10.0 Å². The second kappa shape index (κ2) is 7.55. The summed E-state index contributed by atoms with van der Waals surface area (Å²) in [6, 6.07) is 5.76. The molecule has 1 N–H and O–H groups in total. The molecule has 2 aromatic rings. The molecule has 0 unspecified atom stereocenters. The minimum absolute atomic E-state index is 0.0412. The SMILES string of the molecule is O=C(O)CCN(c1ccc(F)cc1F)S(=O)(=O)c1ccc(Cl)c(Cl)c1. The van der Waals surface area contributed by atoms with Crippen molar-refractivity contribution in [1.29, 1.82) is 0 Å². The van der Waals surface area contributed by atoms with Gasteiger partial charge in [-0.25, -0.2) is 17.2 Å². The highest BCUT2D eigenvalue weighted by atomic mass is 35.5. The summed E-state index contributed by atoms with van der Waals surface area (Å²) in [6.45, 7) is -0.555. The summed E-state index contributed by atoms with van der Waals surface area (Å²) in [6.07, 6.45) is -0.586. The second-order valence-corrected chi connectivity index (χ2v) is 7.57. The smallest absolute Gasteiger partial charge is 0.305 e. The predicted octanol–water partition coefficient (Wildman–Crippen LogP) is 3.94. The lowest BCUT2D eigenvalue weighted by molar-refractivity contribution is -0.136. The Morgan fingerprint density at radius 2 is 1.76 bits per heavy atom. The standard InChI is InChI=1S/C15H11Cl2F2NO4S/c16-11-3-2-10(8-12(11)17)25(23,24)20(6-5-15(21)22)14-4-1-9(18)7-13(14)19/h1-4,7-8H,5-6H2,(H,21,22). The number of rotatable bonds is 6. The molecule has 0 aliphatic carbocycles. The fourth-order valence-corrected chi connectivity index (χ4v) is 3.88. The number of hydrogen-bond acceptors (Lipinski definition) is 3. The van der Waals surface area contributed by atoms with E-state index >= 15 is 0 Å². The lowest BCUT2D eigenvalue weighted by atomic mass is 10.3. The Hall–Kier alpha value is -1.90. The first-order chi connectivity index (χ1) is 11.6. The lowest BCUT2D eigenvalue weighted by Gasteiger charge is -2.24. The van der Waals surface area contributed by atoms with Crippen molar-refractivity contribution in [2.24, 2.45) is 0 Å². The van der Waals surface area contributed by atoms with Gasteiger partial charge in [0.25, 0.3) is 10.0 Å². The molecular weight excluding hydrogens is 399 g/mol. The van der Waals surface area contributed by atoms with Crippen LogP contribution in [0.5, 0.6) is 0 Å². The van der Waals surface area contributed by atoms with Gasteiger partial charge in [-0.15, -0.1) is 0 Å². The molecule has 0 saturated carbocycles. The van der Waals surface area contributed by atoms with Crippen LogP contribution in [0.15, 0.2) is 41.3 Å².